The largest absolute Gasteiger partial charge is 0.326 e. The van der Waals surface area contributed by atoms with Gasteiger partial charge < -0.3 is 5.32 Å². The molecule has 0 aromatic heterocycles. The predicted octanol–water partition coefficient (Wildman–Crippen LogP) is 3.09. The number of hydrogen-bond donors (Lipinski definition) is 3. The number of carbonyl (C=O) groups excluding carboxylic acids is 3. The summed E-state index contributed by atoms with van der Waals surface area (Å²) in [4.78, 5) is 35.8. The summed E-state index contributed by atoms with van der Waals surface area (Å²) >= 11 is 2.05. The molecule has 136 valence electrons. The number of carbonyl (C=O) groups is 3. The highest BCUT2D eigenvalue weighted by atomic mass is 127. The molecule has 2 rings (SSSR count). The molecular weight excluding hydrogens is 445 g/mol. The molecule has 0 aliphatic rings. The summed E-state index contributed by atoms with van der Waals surface area (Å²) in [5, 5.41) is 2.80. The van der Waals surface area contributed by atoms with Gasteiger partial charge in [0.2, 0.25) is 11.8 Å². The van der Waals surface area contributed by atoms with E-state index in [9.17, 15) is 14.4 Å². The predicted molar refractivity (Wildman–Crippen MR) is 109 cm³/mol. The van der Waals surface area contributed by atoms with Crippen LogP contribution in [-0.2, 0) is 9.59 Å². The van der Waals surface area contributed by atoms with E-state index in [0.717, 1.165) is 20.4 Å². The third kappa shape index (κ3) is 5.83. The van der Waals surface area contributed by atoms with Crippen molar-refractivity contribution >= 4 is 46.0 Å². The third-order valence-corrected chi connectivity index (χ3v) is 4.62. The van der Waals surface area contributed by atoms with Gasteiger partial charge in [0.25, 0.3) is 5.91 Å². The third-order valence-electron chi connectivity index (χ3n) is 3.68. The van der Waals surface area contributed by atoms with Crippen LogP contribution in [0, 0.1) is 17.4 Å². The van der Waals surface area contributed by atoms with Gasteiger partial charge in [-0.05, 0) is 65.8 Å². The zero-order valence-electron chi connectivity index (χ0n) is 14.6. The van der Waals surface area contributed by atoms with E-state index in [4.69, 9.17) is 0 Å². The van der Waals surface area contributed by atoms with Crippen molar-refractivity contribution in [2.75, 3.05) is 5.32 Å². The number of benzene rings is 2. The van der Waals surface area contributed by atoms with Crippen LogP contribution in [0.3, 0.4) is 0 Å². The van der Waals surface area contributed by atoms with Crippen molar-refractivity contribution < 1.29 is 14.4 Å². The fourth-order valence-electron chi connectivity index (χ4n) is 2.21. The molecule has 7 heteroatoms. The molecule has 0 saturated heterocycles. The number of anilines is 1. The van der Waals surface area contributed by atoms with Gasteiger partial charge in [-0.2, -0.15) is 0 Å². The maximum absolute atomic E-state index is 12.0. The topological polar surface area (TPSA) is 87.3 Å². The summed E-state index contributed by atoms with van der Waals surface area (Å²) in [5.74, 6) is -1.08. The van der Waals surface area contributed by atoms with E-state index in [-0.39, 0.29) is 18.7 Å². The van der Waals surface area contributed by atoms with Crippen LogP contribution in [0.5, 0.6) is 0 Å². The van der Waals surface area contributed by atoms with Crippen molar-refractivity contribution in [2.24, 2.45) is 0 Å². The van der Waals surface area contributed by atoms with Crippen LogP contribution in [0.15, 0.2) is 42.5 Å². The molecule has 0 saturated carbocycles. The summed E-state index contributed by atoms with van der Waals surface area (Å²) in [7, 11) is 0. The molecule has 0 unspecified atom stereocenters. The summed E-state index contributed by atoms with van der Waals surface area (Å²) in [6, 6.07) is 12.8. The Hall–Kier alpha value is -2.42. The fourth-order valence-corrected chi connectivity index (χ4v) is 2.84. The summed E-state index contributed by atoms with van der Waals surface area (Å²) in [5.41, 5.74) is 7.89. The van der Waals surface area contributed by atoms with Crippen LogP contribution in [0.25, 0.3) is 0 Å². The minimum Gasteiger partial charge on any atom is -0.326 e. The Kier molecular flexibility index (Phi) is 7.14. The molecule has 2 aromatic rings. The quantitative estimate of drug-likeness (QED) is 0.469. The van der Waals surface area contributed by atoms with Crippen LogP contribution in [0.1, 0.15) is 34.3 Å². The molecule has 0 atom stereocenters. The standard InChI is InChI=1S/C19H20IN3O3/c1-12-7-8-13(2)16(11-12)21-17(24)9-10-18(25)22-23-19(26)14-5-3-4-6-15(14)20/h3-8,11H,9-10H2,1-2H3,(H,21,24)(H,22,25)(H,23,26). The van der Waals surface area contributed by atoms with Gasteiger partial charge in [0.05, 0.1) is 5.56 Å². The van der Waals surface area contributed by atoms with Crippen LogP contribution in [-0.4, -0.2) is 17.7 Å². The molecule has 0 spiro atoms. The first-order valence-corrected chi connectivity index (χ1v) is 9.15. The highest BCUT2D eigenvalue weighted by Gasteiger charge is 2.12. The molecule has 2 aromatic carbocycles. The van der Waals surface area contributed by atoms with Gasteiger partial charge >= 0.3 is 0 Å². The Morgan fingerprint density at radius 2 is 1.62 bits per heavy atom. The SMILES string of the molecule is Cc1ccc(C)c(NC(=O)CCC(=O)NNC(=O)c2ccccc2I)c1. The molecule has 6 nitrogen and oxygen atoms in total. The Morgan fingerprint density at radius 3 is 2.35 bits per heavy atom. The van der Waals surface area contributed by atoms with E-state index in [2.05, 4.69) is 16.2 Å². The Morgan fingerprint density at radius 1 is 0.923 bits per heavy atom. The second-order valence-electron chi connectivity index (χ2n) is 5.85. The van der Waals surface area contributed by atoms with E-state index in [1.165, 1.54) is 0 Å². The van der Waals surface area contributed by atoms with Crippen molar-refractivity contribution in [3.8, 4) is 0 Å². The van der Waals surface area contributed by atoms with Crippen molar-refractivity contribution in [3.63, 3.8) is 0 Å². The summed E-state index contributed by atoms with van der Waals surface area (Å²) < 4.78 is 0.782. The van der Waals surface area contributed by atoms with Crippen molar-refractivity contribution in [1.29, 1.82) is 0 Å². The minimum absolute atomic E-state index is 0.0249. The van der Waals surface area contributed by atoms with Crippen molar-refractivity contribution in [2.45, 2.75) is 26.7 Å². The maximum atomic E-state index is 12.0. The normalized spacial score (nSPS) is 10.1. The molecule has 0 fully saturated rings. The first-order valence-electron chi connectivity index (χ1n) is 8.07. The number of amides is 3. The van der Waals surface area contributed by atoms with E-state index in [0.29, 0.717) is 5.56 Å². The monoisotopic (exact) mass is 465 g/mol. The van der Waals surface area contributed by atoms with E-state index >= 15 is 0 Å². The van der Waals surface area contributed by atoms with Gasteiger partial charge in [0, 0.05) is 22.1 Å². The number of hydrazine groups is 1. The molecular formula is C19H20IN3O3. The Balaban J connectivity index is 1.78. The molecule has 0 bridgehead atoms. The average Bonchev–Trinajstić information content (AvgIpc) is 2.61. The fraction of sp³-hybridized carbons (Fsp3) is 0.211. The number of halogens is 1. The van der Waals surface area contributed by atoms with Gasteiger partial charge in [-0.25, -0.2) is 0 Å². The van der Waals surface area contributed by atoms with Gasteiger partial charge in [-0.15, -0.1) is 0 Å². The first-order chi connectivity index (χ1) is 12.4. The van der Waals surface area contributed by atoms with Crippen molar-refractivity contribution in [1.82, 2.24) is 10.9 Å². The molecule has 3 N–H and O–H groups in total. The second-order valence-corrected chi connectivity index (χ2v) is 7.01. The zero-order chi connectivity index (χ0) is 19.1. The average molecular weight is 465 g/mol. The van der Waals surface area contributed by atoms with E-state index in [1.54, 1.807) is 18.2 Å². The molecule has 0 aliphatic heterocycles. The van der Waals surface area contributed by atoms with Crippen molar-refractivity contribution in [3.05, 3.63) is 62.7 Å². The van der Waals surface area contributed by atoms with Crippen LogP contribution < -0.4 is 16.2 Å². The van der Waals surface area contributed by atoms with Gasteiger partial charge in [0.15, 0.2) is 0 Å². The molecule has 0 heterocycles. The number of hydrogen-bond acceptors (Lipinski definition) is 3. The number of aryl methyl sites for hydroxylation is 2. The number of nitrogens with one attached hydrogen (secondary N) is 3. The Labute approximate surface area is 165 Å². The van der Waals surface area contributed by atoms with E-state index < -0.39 is 11.8 Å². The lowest BCUT2D eigenvalue weighted by Crippen LogP contribution is -2.42. The second kappa shape index (κ2) is 9.33. The summed E-state index contributed by atoms with van der Waals surface area (Å²) in [6.45, 7) is 3.85. The highest BCUT2D eigenvalue weighted by Crippen LogP contribution is 2.16. The van der Waals surface area contributed by atoms with Crippen LogP contribution >= 0.6 is 22.6 Å². The van der Waals surface area contributed by atoms with Gasteiger partial charge in [-0.3, -0.25) is 25.2 Å². The minimum atomic E-state index is -0.430. The van der Waals surface area contributed by atoms with E-state index in [1.807, 2.05) is 60.7 Å². The van der Waals surface area contributed by atoms with Crippen LogP contribution in [0.4, 0.5) is 5.69 Å². The number of rotatable bonds is 5. The lowest BCUT2D eigenvalue weighted by atomic mass is 10.1. The van der Waals surface area contributed by atoms with Gasteiger partial charge in [-0.1, -0.05) is 24.3 Å². The maximum Gasteiger partial charge on any atom is 0.270 e. The Bertz CT molecular complexity index is 837. The van der Waals surface area contributed by atoms with Gasteiger partial charge in [0.1, 0.15) is 0 Å². The highest BCUT2D eigenvalue weighted by molar-refractivity contribution is 14.1. The first kappa shape index (κ1) is 19.9. The molecule has 26 heavy (non-hydrogen) atoms. The molecule has 0 aliphatic carbocycles. The lowest BCUT2D eigenvalue weighted by molar-refractivity contribution is -0.124. The molecule has 0 radical (unpaired) electrons. The lowest BCUT2D eigenvalue weighted by Gasteiger charge is -2.10. The molecule has 3 amide bonds. The summed E-state index contributed by atoms with van der Waals surface area (Å²) in [6.07, 6.45) is 0.000809. The van der Waals surface area contributed by atoms with Crippen LogP contribution in [0.2, 0.25) is 0 Å². The zero-order valence-corrected chi connectivity index (χ0v) is 16.7. The smallest absolute Gasteiger partial charge is 0.270 e.